The molecule has 4 N–H and O–H groups in total. The fourth-order valence-electron chi connectivity index (χ4n) is 2.25. The van der Waals surface area contributed by atoms with Crippen molar-refractivity contribution in [1.29, 1.82) is 0 Å². The number of carbonyl (C=O) groups is 1. The highest BCUT2D eigenvalue weighted by molar-refractivity contribution is 5.92. The highest BCUT2D eigenvalue weighted by Gasteiger charge is 2.27. The molecule has 1 fully saturated rings. The van der Waals surface area contributed by atoms with Gasteiger partial charge in [-0.15, -0.1) is 0 Å². The van der Waals surface area contributed by atoms with E-state index in [9.17, 15) is 14.4 Å². The Labute approximate surface area is 109 Å². The zero-order chi connectivity index (χ0) is 13.9. The standard InChI is InChI=1S/C12H18N4O3/c1-12(3-2-4-13-6-12)7-14-10(18)8-5-9(17)16-11(19)15-8/h5,13H,2-4,6-7H2,1H3,(H,14,18)(H2,15,16,17,19). The van der Waals surface area contributed by atoms with E-state index in [1.807, 2.05) is 4.98 Å². The maximum atomic E-state index is 11.9. The number of piperidine rings is 1. The Hall–Kier alpha value is -1.89. The zero-order valence-electron chi connectivity index (χ0n) is 10.8. The van der Waals surface area contributed by atoms with Crippen LogP contribution in [0.5, 0.6) is 0 Å². The van der Waals surface area contributed by atoms with Crippen molar-refractivity contribution in [1.82, 2.24) is 20.6 Å². The Morgan fingerprint density at radius 3 is 2.84 bits per heavy atom. The molecular formula is C12H18N4O3. The number of amides is 1. The van der Waals surface area contributed by atoms with Crippen LogP contribution >= 0.6 is 0 Å². The van der Waals surface area contributed by atoms with Crippen LogP contribution in [0.2, 0.25) is 0 Å². The third-order valence-corrected chi connectivity index (χ3v) is 3.37. The fourth-order valence-corrected chi connectivity index (χ4v) is 2.25. The first-order chi connectivity index (χ1) is 8.98. The van der Waals surface area contributed by atoms with Gasteiger partial charge in [-0.25, -0.2) is 4.79 Å². The topological polar surface area (TPSA) is 107 Å². The van der Waals surface area contributed by atoms with E-state index in [1.54, 1.807) is 0 Å². The molecule has 19 heavy (non-hydrogen) atoms. The first-order valence-corrected chi connectivity index (χ1v) is 6.31. The molecule has 104 valence electrons. The maximum Gasteiger partial charge on any atom is 0.326 e. The second-order valence-electron chi connectivity index (χ2n) is 5.28. The lowest BCUT2D eigenvalue weighted by molar-refractivity contribution is 0.0919. The molecule has 7 heteroatoms. The van der Waals surface area contributed by atoms with Gasteiger partial charge in [-0.3, -0.25) is 14.6 Å². The SMILES string of the molecule is CC1(CNC(=O)c2cc(=O)[nH]c(=O)[nH]2)CCCNC1. The molecule has 2 rings (SSSR count). The summed E-state index contributed by atoms with van der Waals surface area (Å²) in [6.45, 7) is 4.46. The number of nitrogens with one attached hydrogen (secondary N) is 4. The largest absolute Gasteiger partial charge is 0.350 e. The van der Waals surface area contributed by atoms with E-state index in [0.717, 1.165) is 32.0 Å². The summed E-state index contributed by atoms with van der Waals surface area (Å²) in [7, 11) is 0. The van der Waals surface area contributed by atoms with E-state index in [-0.39, 0.29) is 11.1 Å². The molecule has 1 aromatic rings. The van der Waals surface area contributed by atoms with Crippen LogP contribution in [0.4, 0.5) is 0 Å². The molecule has 1 aliphatic rings. The van der Waals surface area contributed by atoms with Crippen molar-refractivity contribution >= 4 is 5.91 Å². The smallest absolute Gasteiger partial charge is 0.326 e. The molecule has 0 radical (unpaired) electrons. The van der Waals surface area contributed by atoms with Gasteiger partial charge in [0.25, 0.3) is 11.5 Å². The average molecular weight is 266 g/mol. The fraction of sp³-hybridized carbons (Fsp3) is 0.583. The van der Waals surface area contributed by atoms with Gasteiger partial charge in [-0.2, -0.15) is 0 Å². The summed E-state index contributed by atoms with van der Waals surface area (Å²) in [5, 5.41) is 6.05. The number of hydrogen-bond donors (Lipinski definition) is 4. The van der Waals surface area contributed by atoms with Gasteiger partial charge >= 0.3 is 5.69 Å². The Morgan fingerprint density at radius 1 is 1.42 bits per heavy atom. The van der Waals surface area contributed by atoms with E-state index in [0.29, 0.717) is 6.54 Å². The molecule has 0 saturated carbocycles. The molecule has 1 unspecified atom stereocenters. The van der Waals surface area contributed by atoms with Crippen LogP contribution in [0.3, 0.4) is 0 Å². The molecule has 1 aliphatic heterocycles. The van der Waals surface area contributed by atoms with Crippen molar-refractivity contribution < 1.29 is 4.79 Å². The van der Waals surface area contributed by atoms with Gasteiger partial charge in [0.2, 0.25) is 0 Å². The summed E-state index contributed by atoms with van der Waals surface area (Å²) >= 11 is 0. The minimum absolute atomic E-state index is 0.00933. The van der Waals surface area contributed by atoms with Crippen molar-refractivity contribution in [3.63, 3.8) is 0 Å². The number of aromatic nitrogens is 2. The number of H-pyrrole nitrogens is 2. The molecular weight excluding hydrogens is 248 g/mol. The Morgan fingerprint density at radius 2 is 2.21 bits per heavy atom. The molecule has 0 aliphatic carbocycles. The van der Waals surface area contributed by atoms with Crippen LogP contribution in [0.1, 0.15) is 30.3 Å². The van der Waals surface area contributed by atoms with Crippen molar-refractivity contribution in [2.45, 2.75) is 19.8 Å². The predicted molar refractivity (Wildman–Crippen MR) is 70.2 cm³/mol. The first-order valence-electron chi connectivity index (χ1n) is 6.31. The lowest BCUT2D eigenvalue weighted by atomic mass is 9.83. The molecule has 1 atom stereocenters. The molecule has 0 bridgehead atoms. The van der Waals surface area contributed by atoms with Gasteiger partial charge in [0, 0.05) is 19.2 Å². The van der Waals surface area contributed by atoms with Gasteiger partial charge in [0.05, 0.1) is 0 Å². The number of hydrogen-bond acceptors (Lipinski definition) is 4. The summed E-state index contributed by atoms with van der Waals surface area (Å²) < 4.78 is 0. The Balaban J connectivity index is 2.01. The second-order valence-corrected chi connectivity index (χ2v) is 5.28. The molecule has 2 heterocycles. The first kappa shape index (κ1) is 13.5. The van der Waals surface area contributed by atoms with E-state index in [2.05, 4.69) is 22.5 Å². The highest BCUT2D eigenvalue weighted by atomic mass is 16.2. The Bertz CT molecular complexity index is 541. The molecule has 7 nitrogen and oxygen atoms in total. The van der Waals surface area contributed by atoms with Crippen molar-refractivity contribution in [3.8, 4) is 0 Å². The molecule has 1 amide bonds. The molecule has 0 spiro atoms. The monoisotopic (exact) mass is 266 g/mol. The van der Waals surface area contributed by atoms with Crippen LogP contribution < -0.4 is 21.9 Å². The van der Waals surface area contributed by atoms with Gasteiger partial charge in [0.1, 0.15) is 5.69 Å². The van der Waals surface area contributed by atoms with Crippen molar-refractivity contribution in [2.75, 3.05) is 19.6 Å². The summed E-state index contributed by atoms with van der Waals surface area (Å²) in [6, 6.07) is 1.08. The summed E-state index contributed by atoms with van der Waals surface area (Å²) in [4.78, 5) is 38.4. The number of rotatable bonds is 3. The van der Waals surface area contributed by atoms with Crippen LogP contribution in [0, 0.1) is 5.41 Å². The van der Waals surface area contributed by atoms with Gasteiger partial charge in [-0.05, 0) is 24.8 Å². The van der Waals surface area contributed by atoms with Gasteiger partial charge in [0.15, 0.2) is 0 Å². The molecule has 1 saturated heterocycles. The van der Waals surface area contributed by atoms with Crippen molar-refractivity contribution in [2.24, 2.45) is 5.41 Å². The maximum absolute atomic E-state index is 11.9. The molecule has 0 aromatic carbocycles. The lowest BCUT2D eigenvalue weighted by Crippen LogP contribution is -2.46. The average Bonchev–Trinajstić information content (AvgIpc) is 2.36. The van der Waals surface area contributed by atoms with Gasteiger partial charge < -0.3 is 15.6 Å². The summed E-state index contributed by atoms with van der Waals surface area (Å²) in [5.41, 5.74) is -1.26. The minimum atomic E-state index is -0.678. The zero-order valence-corrected chi connectivity index (χ0v) is 10.8. The van der Waals surface area contributed by atoms with Gasteiger partial charge in [-0.1, -0.05) is 6.92 Å². The second kappa shape index (κ2) is 5.40. The summed E-state index contributed by atoms with van der Waals surface area (Å²) in [5.74, 6) is -0.435. The minimum Gasteiger partial charge on any atom is -0.350 e. The predicted octanol–water partition coefficient (Wildman–Crippen LogP) is -0.817. The van der Waals surface area contributed by atoms with E-state index in [1.165, 1.54) is 0 Å². The van der Waals surface area contributed by atoms with E-state index in [4.69, 9.17) is 0 Å². The highest BCUT2D eigenvalue weighted by Crippen LogP contribution is 2.24. The summed E-state index contributed by atoms with van der Waals surface area (Å²) in [6.07, 6.45) is 2.11. The quantitative estimate of drug-likeness (QED) is 0.573. The van der Waals surface area contributed by atoms with E-state index < -0.39 is 17.2 Å². The third kappa shape index (κ3) is 3.54. The normalized spacial score (nSPS) is 23.0. The van der Waals surface area contributed by atoms with E-state index >= 15 is 0 Å². The van der Waals surface area contributed by atoms with Crippen LogP contribution in [0.15, 0.2) is 15.7 Å². The molecule has 1 aromatic heterocycles. The lowest BCUT2D eigenvalue weighted by Gasteiger charge is -2.34. The van der Waals surface area contributed by atoms with Crippen LogP contribution in [0.25, 0.3) is 0 Å². The van der Waals surface area contributed by atoms with Crippen LogP contribution in [-0.4, -0.2) is 35.5 Å². The third-order valence-electron chi connectivity index (χ3n) is 3.37. The van der Waals surface area contributed by atoms with Crippen molar-refractivity contribution in [3.05, 3.63) is 32.6 Å². The number of aromatic amines is 2. The Kier molecular flexibility index (Phi) is 3.84. The van der Waals surface area contributed by atoms with Crippen LogP contribution in [-0.2, 0) is 0 Å². The number of carbonyl (C=O) groups excluding carboxylic acids is 1.